The number of carbonyl (C=O) groups is 1. The lowest BCUT2D eigenvalue weighted by Crippen LogP contribution is -2.25. The van der Waals surface area contributed by atoms with E-state index in [-0.39, 0.29) is 5.91 Å². The minimum atomic E-state index is -0.0761. The van der Waals surface area contributed by atoms with E-state index in [4.69, 9.17) is 14.2 Å². The molecule has 28 heavy (non-hydrogen) atoms. The summed E-state index contributed by atoms with van der Waals surface area (Å²) >= 11 is 0. The third-order valence-electron chi connectivity index (χ3n) is 4.72. The Morgan fingerprint density at radius 1 is 1.04 bits per heavy atom. The number of ether oxygens (including phenoxy) is 3. The topological polar surface area (TPSA) is 61.7 Å². The van der Waals surface area contributed by atoms with Gasteiger partial charge in [0.1, 0.15) is 0 Å². The van der Waals surface area contributed by atoms with Crippen molar-refractivity contribution >= 4 is 16.8 Å². The summed E-state index contributed by atoms with van der Waals surface area (Å²) in [5.41, 5.74) is 2.78. The minimum absolute atomic E-state index is 0.0761. The summed E-state index contributed by atoms with van der Waals surface area (Å²) < 4.78 is 17.8. The van der Waals surface area contributed by atoms with Gasteiger partial charge in [-0.3, -0.25) is 4.79 Å². The van der Waals surface area contributed by atoms with E-state index in [2.05, 4.69) is 9.88 Å². The second kappa shape index (κ2) is 9.28. The van der Waals surface area contributed by atoms with Gasteiger partial charge in [0.05, 0.1) is 26.4 Å². The molecule has 0 aliphatic rings. The lowest BCUT2D eigenvalue weighted by Gasteiger charge is -2.10. The van der Waals surface area contributed by atoms with Crippen molar-refractivity contribution in [1.82, 2.24) is 9.88 Å². The average molecular weight is 382 g/mol. The number of nitrogens with one attached hydrogen (secondary N) is 1. The molecule has 1 heterocycles. The van der Waals surface area contributed by atoms with Crippen molar-refractivity contribution in [3.8, 4) is 11.5 Å². The molecule has 0 aliphatic heterocycles. The molecule has 0 bridgehead atoms. The van der Waals surface area contributed by atoms with Crippen LogP contribution in [0.1, 0.15) is 15.9 Å². The van der Waals surface area contributed by atoms with Crippen LogP contribution in [0.15, 0.2) is 48.7 Å². The Morgan fingerprint density at radius 2 is 1.82 bits per heavy atom. The van der Waals surface area contributed by atoms with Crippen molar-refractivity contribution in [2.24, 2.45) is 0 Å². The van der Waals surface area contributed by atoms with Gasteiger partial charge < -0.3 is 24.1 Å². The first-order chi connectivity index (χ1) is 13.7. The van der Waals surface area contributed by atoms with Crippen molar-refractivity contribution in [2.75, 3.05) is 34.5 Å². The quantitative estimate of drug-likeness (QED) is 0.617. The molecule has 3 aromatic rings. The Hall–Kier alpha value is -2.99. The Balaban J connectivity index is 1.68. The highest BCUT2D eigenvalue weighted by molar-refractivity contribution is 6.07. The maximum atomic E-state index is 12.8. The zero-order valence-electron chi connectivity index (χ0n) is 16.5. The highest BCUT2D eigenvalue weighted by Crippen LogP contribution is 2.27. The maximum absolute atomic E-state index is 12.8. The Labute approximate surface area is 165 Å². The van der Waals surface area contributed by atoms with Gasteiger partial charge in [0, 0.05) is 37.3 Å². The molecule has 1 amide bonds. The Kier molecular flexibility index (Phi) is 6.55. The Morgan fingerprint density at radius 3 is 2.57 bits per heavy atom. The molecule has 0 radical (unpaired) electrons. The first-order valence-corrected chi connectivity index (χ1v) is 9.23. The van der Waals surface area contributed by atoms with Crippen molar-refractivity contribution in [3.05, 3.63) is 59.8 Å². The molecule has 6 nitrogen and oxygen atoms in total. The predicted molar refractivity (Wildman–Crippen MR) is 109 cm³/mol. The standard InChI is InChI=1S/C22H26N2O4/c1-26-13-12-24-15-18(17-6-4-5-7-19(17)24)22(25)23-11-10-16-8-9-20(27-2)21(14-16)28-3/h4-9,14-15H,10-13H2,1-3H3,(H,23,25). The molecule has 6 heteroatoms. The van der Waals surface area contributed by atoms with Crippen LogP contribution in [0.25, 0.3) is 10.9 Å². The fourth-order valence-corrected chi connectivity index (χ4v) is 3.25. The first-order valence-electron chi connectivity index (χ1n) is 9.23. The number of hydrogen-bond donors (Lipinski definition) is 1. The largest absolute Gasteiger partial charge is 0.493 e. The van der Waals surface area contributed by atoms with Gasteiger partial charge in [-0.15, -0.1) is 0 Å². The zero-order valence-corrected chi connectivity index (χ0v) is 16.5. The van der Waals surface area contributed by atoms with Gasteiger partial charge in [-0.25, -0.2) is 0 Å². The summed E-state index contributed by atoms with van der Waals surface area (Å²) in [5, 5.41) is 3.97. The second-order valence-corrected chi connectivity index (χ2v) is 6.44. The van der Waals surface area contributed by atoms with Gasteiger partial charge in [0.25, 0.3) is 5.91 Å². The number of nitrogens with zero attached hydrogens (tertiary/aromatic N) is 1. The van der Waals surface area contributed by atoms with E-state index in [1.54, 1.807) is 21.3 Å². The molecule has 1 N–H and O–H groups in total. The summed E-state index contributed by atoms with van der Waals surface area (Å²) in [7, 11) is 4.90. The lowest BCUT2D eigenvalue weighted by molar-refractivity contribution is 0.0955. The summed E-state index contributed by atoms with van der Waals surface area (Å²) in [6.07, 6.45) is 2.60. The SMILES string of the molecule is COCCn1cc(C(=O)NCCc2ccc(OC)c(OC)c2)c2ccccc21. The van der Waals surface area contributed by atoms with Gasteiger partial charge in [0.15, 0.2) is 11.5 Å². The van der Waals surface area contributed by atoms with E-state index in [1.165, 1.54) is 0 Å². The molecule has 1 aromatic heterocycles. The van der Waals surface area contributed by atoms with E-state index in [9.17, 15) is 4.79 Å². The molecule has 0 atom stereocenters. The van der Waals surface area contributed by atoms with Crippen molar-refractivity contribution in [3.63, 3.8) is 0 Å². The van der Waals surface area contributed by atoms with Crippen LogP contribution in [0, 0.1) is 0 Å². The molecule has 148 valence electrons. The highest BCUT2D eigenvalue weighted by Gasteiger charge is 2.14. The van der Waals surface area contributed by atoms with Crippen LogP contribution in [-0.4, -0.2) is 45.0 Å². The molecule has 0 saturated heterocycles. The number of aromatic nitrogens is 1. The summed E-state index contributed by atoms with van der Waals surface area (Å²) in [5.74, 6) is 1.31. The number of hydrogen-bond acceptors (Lipinski definition) is 4. The number of benzene rings is 2. The zero-order chi connectivity index (χ0) is 19.9. The molecule has 0 fully saturated rings. The monoisotopic (exact) mass is 382 g/mol. The van der Waals surface area contributed by atoms with E-state index in [0.717, 1.165) is 16.5 Å². The van der Waals surface area contributed by atoms with Crippen LogP contribution in [0.2, 0.25) is 0 Å². The molecular formula is C22H26N2O4. The predicted octanol–water partition coefficient (Wildman–Crippen LogP) is 3.28. The summed E-state index contributed by atoms with van der Waals surface area (Å²) in [6.45, 7) is 1.83. The summed E-state index contributed by atoms with van der Waals surface area (Å²) in [4.78, 5) is 12.8. The third-order valence-corrected chi connectivity index (χ3v) is 4.72. The van der Waals surface area contributed by atoms with E-state index in [1.807, 2.05) is 48.7 Å². The molecular weight excluding hydrogens is 356 g/mol. The summed E-state index contributed by atoms with van der Waals surface area (Å²) in [6, 6.07) is 13.7. The van der Waals surface area contributed by atoms with Crippen LogP contribution in [-0.2, 0) is 17.7 Å². The fourth-order valence-electron chi connectivity index (χ4n) is 3.25. The first kappa shape index (κ1) is 19.8. The average Bonchev–Trinajstić information content (AvgIpc) is 3.10. The number of carbonyl (C=O) groups excluding carboxylic acids is 1. The number of para-hydroxylation sites is 1. The normalized spacial score (nSPS) is 10.8. The number of methoxy groups -OCH3 is 3. The van der Waals surface area contributed by atoms with E-state index < -0.39 is 0 Å². The van der Waals surface area contributed by atoms with Crippen LogP contribution >= 0.6 is 0 Å². The number of amides is 1. The van der Waals surface area contributed by atoms with E-state index in [0.29, 0.717) is 43.2 Å². The second-order valence-electron chi connectivity index (χ2n) is 6.44. The molecule has 0 saturated carbocycles. The van der Waals surface area contributed by atoms with Crippen molar-refractivity contribution in [1.29, 1.82) is 0 Å². The van der Waals surface area contributed by atoms with Crippen LogP contribution in [0.4, 0.5) is 0 Å². The Bertz CT molecular complexity index is 949. The van der Waals surface area contributed by atoms with Gasteiger partial charge in [-0.05, 0) is 30.2 Å². The van der Waals surface area contributed by atoms with Gasteiger partial charge in [-0.1, -0.05) is 24.3 Å². The van der Waals surface area contributed by atoms with Crippen molar-refractivity contribution in [2.45, 2.75) is 13.0 Å². The fraction of sp³-hybridized carbons (Fsp3) is 0.318. The lowest BCUT2D eigenvalue weighted by atomic mass is 10.1. The number of fused-ring (bicyclic) bond motifs is 1. The van der Waals surface area contributed by atoms with Crippen LogP contribution < -0.4 is 14.8 Å². The maximum Gasteiger partial charge on any atom is 0.253 e. The molecule has 3 rings (SSSR count). The highest BCUT2D eigenvalue weighted by atomic mass is 16.5. The molecule has 0 unspecified atom stereocenters. The van der Waals surface area contributed by atoms with Gasteiger partial charge in [-0.2, -0.15) is 0 Å². The van der Waals surface area contributed by atoms with Gasteiger partial charge in [0.2, 0.25) is 0 Å². The van der Waals surface area contributed by atoms with Crippen LogP contribution in [0.3, 0.4) is 0 Å². The number of rotatable bonds is 9. The molecule has 0 spiro atoms. The van der Waals surface area contributed by atoms with Crippen LogP contribution in [0.5, 0.6) is 11.5 Å². The molecule has 0 aliphatic carbocycles. The smallest absolute Gasteiger partial charge is 0.253 e. The van der Waals surface area contributed by atoms with E-state index >= 15 is 0 Å². The molecule has 2 aromatic carbocycles. The van der Waals surface area contributed by atoms with Gasteiger partial charge >= 0.3 is 0 Å². The minimum Gasteiger partial charge on any atom is -0.493 e. The third kappa shape index (κ3) is 4.28. The van der Waals surface area contributed by atoms with Crippen molar-refractivity contribution < 1.29 is 19.0 Å².